The van der Waals surface area contributed by atoms with Gasteiger partial charge in [0.2, 0.25) is 0 Å². The summed E-state index contributed by atoms with van der Waals surface area (Å²) in [6.07, 6.45) is 3.41. The van der Waals surface area contributed by atoms with Crippen molar-refractivity contribution in [2.24, 2.45) is 11.1 Å². The van der Waals surface area contributed by atoms with E-state index in [0.29, 0.717) is 27.3 Å². The zero-order valence-corrected chi connectivity index (χ0v) is 32.0. The highest BCUT2D eigenvalue weighted by Crippen LogP contribution is 2.42. The third kappa shape index (κ3) is 8.69. The van der Waals surface area contributed by atoms with Gasteiger partial charge in [0.1, 0.15) is 29.5 Å². The van der Waals surface area contributed by atoms with Crippen molar-refractivity contribution in [1.82, 2.24) is 14.5 Å². The predicted octanol–water partition coefficient (Wildman–Crippen LogP) is 8.47. The standard InChI is InChI=1S/C41H39F2N5O7S/c1-6-53-31-16-18-48(26-11-8-24(42)9-12-26)39(50)35(31)38(49)47-25-10-14-30(27(43)19-25)55-32-15-17-45-29-20-34(56-37(29)32)28-13-7-23(21-46-28)36(41(2,3)4)33(52-5)22-54-40(44)51/h7-21,33,36H,6,22H2,1-5H3,(H2,44,51)(H,47,49). The number of primary amides is 1. The summed E-state index contributed by atoms with van der Waals surface area (Å²) in [6.45, 7) is 8.06. The normalized spacial score (nSPS) is 12.6. The zero-order chi connectivity index (χ0) is 40.1. The molecule has 0 aliphatic carbocycles. The number of nitrogens with zero attached hydrogens (tertiary/aromatic N) is 3. The highest BCUT2D eigenvalue weighted by molar-refractivity contribution is 7.22. The summed E-state index contributed by atoms with van der Waals surface area (Å²) in [5.74, 6) is -1.96. The summed E-state index contributed by atoms with van der Waals surface area (Å²) < 4.78 is 53.3. The molecule has 0 fully saturated rings. The summed E-state index contributed by atoms with van der Waals surface area (Å²) in [5.41, 5.74) is 6.51. The van der Waals surface area contributed by atoms with E-state index in [1.165, 1.54) is 64.6 Å². The van der Waals surface area contributed by atoms with Gasteiger partial charge in [-0.05, 0) is 72.5 Å². The summed E-state index contributed by atoms with van der Waals surface area (Å²) in [6, 6.07) is 17.9. The van der Waals surface area contributed by atoms with Crippen molar-refractivity contribution in [3.8, 4) is 33.5 Å². The molecule has 12 nitrogen and oxygen atoms in total. The van der Waals surface area contributed by atoms with Crippen molar-refractivity contribution in [1.29, 1.82) is 0 Å². The number of nitrogens with one attached hydrogen (secondary N) is 1. The smallest absolute Gasteiger partial charge is 0.404 e. The molecule has 2 unspecified atom stereocenters. The van der Waals surface area contributed by atoms with Crippen molar-refractivity contribution in [3.05, 3.63) is 125 Å². The van der Waals surface area contributed by atoms with Crippen LogP contribution < -0.4 is 26.1 Å². The molecule has 2 aromatic carbocycles. The molecule has 2 amide bonds. The molecule has 3 N–H and O–H groups in total. The number of amides is 2. The molecule has 4 aromatic heterocycles. The number of fused-ring (bicyclic) bond motifs is 1. The number of carbonyl (C=O) groups excluding carboxylic acids is 2. The van der Waals surface area contributed by atoms with Gasteiger partial charge in [0.05, 0.1) is 33.5 Å². The summed E-state index contributed by atoms with van der Waals surface area (Å²) in [5, 5.41) is 2.57. The molecule has 4 heterocycles. The average molecular weight is 784 g/mol. The Bertz CT molecular complexity index is 2430. The lowest BCUT2D eigenvalue weighted by Crippen LogP contribution is -2.36. The molecular weight excluding hydrogens is 745 g/mol. The first-order valence-corrected chi connectivity index (χ1v) is 18.3. The van der Waals surface area contributed by atoms with Gasteiger partial charge in [-0.15, -0.1) is 11.3 Å². The predicted molar refractivity (Wildman–Crippen MR) is 209 cm³/mol. The van der Waals surface area contributed by atoms with E-state index < -0.39 is 35.3 Å². The van der Waals surface area contributed by atoms with Crippen LogP contribution in [0.1, 0.15) is 49.5 Å². The maximum absolute atomic E-state index is 15.6. The van der Waals surface area contributed by atoms with E-state index in [0.717, 1.165) is 16.5 Å². The van der Waals surface area contributed by atoms with Crippen LogP contribution in [0.15, 0.2) is 96.2 Å². The van der Waals surface area contributed by atoms with Gasteiger partial charge < -0.3 is 30.0 Å². The van der Waals surface area contributed by atoms with Crippen molar-refractivity contribution < 1.29 is 37.3 Å². The van der Waals surface area contributed by atoms with Crippen molar-refractivity contribution in [3.63, 3.8) is 0 Å². The molecule has 2 atom stereocenters. The lowest BCUT2D eigenvalue weighted by molar-refractivity contribution is -0.00363. The average Bonchev–Trinajstić information content (AvgIpc) is 3.60. The number of hydrogen-bond acceptors (Lipinski definition) is 10. The summed E-state index contributed by atoms with van der Waals surface area (Å²) >= 11 is 1.37. The van der Waals surface area contributed by atoms with Gasteiger partial charge in [-0.3, -0.25) is 24.1 Å². The molecule has 0 saturated heterocycles. The Labute approximate surface area is 324 Å². The van der Waals surface area contributed by atoms with Crippen LogP contribution in [0.25, 0.3) is 26.5 Å². The van der Waals surface area contributed by atoms with Crippen LogP contribution in [0.5, 0.6) is 17.2 Å². The maximum Gasteiger partial charge on any atom is 0.404 e. The Morgan fingerprint density at radius 1 is 0.964 bits per heavy atom. The van der Waals surface area contributed by atoms with Gasteiger partial charge in [0, 0.05) is 55.1 Å². The second-order valence-electron chi connectivity index (χ2n) is 13.7. The maximum atomic E-state index is 15.6. The zero-order valence-electron chi connectivity index (χ0n) is 31.2. The van der Waals surface area contributed by atoms with Gasteiger partial charge in [-0.2, -0.15) is 0 Å². The molecule has 6 rings (SSSR count). The number of halogens is 2. The fourth-order valence-electron chi connectivity index (χ4n) is 6.38. The molecule has 0 spiro atoms. The number of methoxy groups -OCH3 is 1. The molecule has 6 aromatic rings. The van der Waals surface area contributed by atoms with Crippen LogP contribution in [0.2, 0.25) is 0 Å². The van der Waals surface area contributed by atoms with Crippen molar-refractivity contribution >= 4 is 39.2 Å². The van der Waals surface area contributed by atoms with E-state index in [-0.39, 0.29) is 47.3 Å². The van der Waals surface area contributed by atoms with E-state index in [1.807, 2.05) is 18.2 Å². The van der Waals surface area contributed by atoms with Gasteiger partial charge in [0.15, 0.2) is 11.6 Å². The Hall–Kier alpha value is -6.19. The van der Waals surface area contributed by atoms with E-state index in [9.17, 15) is 18.8 Å². The van der Waals surface area contributed by atoms with Crippen LogP contribution >= 0.6 is 11.3 Å². The SMILES string of the molecule is CCOc1ccn(-c2ccc(F)cc2)c(=O)c1C(=O)Nc1ccc(Oc2ccnc3cc(-c4ccc(C(C(COC(N)=O)OC)C(C)(C)C)cn4)sc23)c(F)c1. The number of thiophene rings is 1. The van der Waals surface area contributed by atoms with Crippen molar-refractivity contribution in [2.75, 3.05) is 25.6 Å². The minimum atomic E-state index is -0.877. The van der Waals surface area contributed by atoms with Gasteiger partial charge in [-0.1, -0.05) is 26.8 Å². The monoisotopic (exact) mass is 783 g/mol. The number of hydrogen-bond donors (Lipinski definition) is 2. The summed E-state index contributed by atoms with van der Waals surface area (Å²) in [4.78, 5) is 48.2. The number of carbonyl (C=O) groups is 2. The van der Waals surface area contributed by atoms with E-state index in [1.54, 1.807) is 32.5 Å². The van der Waals surface area contributed by atoms with Crippen molar-refractivity contribution in [2.45, 2.75) is 39.7 Å². The summed E-state index contributed by atoms with van der Waals surface area (Å²) in [7, 11) is 1.55. The molecule has 0 aliphatic rings. The van der Waals surface area contributed by atoms with Gasteiger partial charge in [-0.25, -0.2) is 13.6 Å². The molecule has 15 heteroatoms. The lowest BCUT2D eigenvalue weighted by atomic mass is 9.73. The number of anilines is 1. The largest absolute Gasteiger partial charge is 0.493 e. The minimum Gasteiger partial charge on any atom is -0.493 e. The molecule has 0 bridgehead atoms. The number of ether oxygens (including phenoxy) is 4. The highest BCUT2D eigenvalue weighted by atomic mass is 32.1. The second kappa shape index (κ2) is 16.7. The van der Waals surface area contributed by atoms with Gasteiger partial charge in [0.25, 0.3) is 11.5 Å². The first kappa shape index (κ1) is 39.5. The lowest BCUT2D eigenvalue weighted by Gasteiger charge is -2.36. The van der Waals surface area contributed by atoms with Gasteiger partial charge >= 0.3 is 6.09 Å². The quantitative estimate of drug-likeness (QED) is 0.117. The Balaban J connectivity index is 1.21. The third-order valence-corrected chi connectivity index (χ3v) is 10.0. The molecular formula is C41H39F2N5O7S. The minimum absolute atomic E-state index is 0.0104. The second-order valence-corrected chi connectivity index (χ2v) is 14.8. The van der Waals surface area contributed by atoms with Crippen LogP contribution in [-0.2, 0) is 9.47 Å². The Morgan fingerprint density at radius 2 is 1.73 bits per heavy atom. The molecule has 0 saturated carbocycles. The molecule has 290 valence electrons. The topological polar surface area (TPSA) is 157 Å². The first-order chi connectivity index (χ1) is 26.8. The van der Waals surface area contributed by atoms with Crippen LogP contribution in [-0.4, -0.2) is 53.0 Å². The van der Waals surface area contributed by atoms with E-state index in [2.05, 4.69) is 31.1 Å². The van der Waals surface area contributed by atoms with Crippen LogP contribution in [0, 0.1) is 17.0 Å². The van der Waals surface area contributed by atoms with Crippen LogP contribution in [0.4, 0.5) is 19.3 Å². The Kier molecular flexibility index (Phi) is 11.8. The molecule has 56 heavy (non-hydrogen) atoms. The van der Waals surface area contributed by atoms with E-state index in [4.69, 9.17) is 29.7 Å². The first-order valence-electron chi connectivity index (χ1n) is 17.5. The number of rotatable bonds is 13. The van der Waals surface area contributed by atoms with Crippen LogP contribution in [0.3, 0.4) is 0 Å². The number of pyridine rings is 3. The fourth-order valence-corrected chi connectivity index (χ4v) is 7.42. The number of benzene rings is 2. The highest BCUT2D eigenvalue weighted by Gasteiger charge is 2.35. The van der Waals surface area contributed by atoms with E-state index >= 15 is 4.39 Å². The molecule has 0 aliphatic heterocycles. The number of aromatic nitrogens is 3. The fraction of sp³-hybridized carbons (Fsp3) is 0.244. The third-order valence-electron chi connectivity index (χ3n) is 8.87. The molecule has 0 radical (unpaired) electrons. The Morgan fingerprint density at radius 3 is 2.38 bits per heavy atom. The number of nitrogens with two attached hydrogens (primary N) is 1.